The van der Waals surface area contributed by atoms with Crippen LogP contribution in [0.5, 0.6) is 0 Å². The molecule has 17 heavy (non-hydrogen) atoms. The first kappa shape index (κ1) is 12.6. The highest BCUT2D eigenvalue weighted by Crippen LogP contribution is 2.21. The van der Waals surface area contributed by atoms with E-state index in [4.69, 9.17) is 4.74 Å². The van der Waals surface area contributed by atoms with E-state index in [9.17, 15) is 9.90 Å². The van der Waals surface area contributed by atoms with Crippen molar-refractivity contribution in [1.82, 2.24) is 5.32 Å². The van der Waals surface area contributed by atoms with Crippen LogP contribution in [-0.2, 0) is 9.53 Å². The molecular formula is C13H21NO3. The lowest BCUT2D eigenvalue weighted by molar-refractivity contribution is -0.128. The Labute approximate surface area is 102 Å². The van der Waals surface area contributed by atoms with E-state index in [2.05, 4.69) is 17.5 Å². The molecule has 0 bridgehead atoms. The van der Waals surface area contributed by atoms with Gasteiger partial charge in [0, 0.05) is 38.5 Å². The van der Waals surface area contributed by atoms with Gasteiger partial charge in [-0.2, -0.15) is 0 Å². The van der Waals surface area contributed by atoms with Gasteiger partial charge in [0.05, 0.1) is 5.60 Å². The average molecular weight is 239 g/mol. The van der Waals surface area contributed by atoms with Crippen molar-refractivity contribution < 1.29 is 14.6 Å². The third-order valence-electron chi connectivity index (χ3n) is 3.66. The van der Waals surface area contributed by atoms with Crippen molar-refractivity contribution in [3.05, 3.63) is 12.2 Å². The van der Waals surface area contributed by atoms with Crippen LogP contribution in [0.25, 0.3) is 0 Å². The summed E-state index contributed by atoms with van der Waals surface area (Å²) < 4.78 is 5.21. The summed E-state index contributed by atoms with van der Waals surface area (Å²) in [5.74, 6) is 0.165. The lowest BCUT2D eigenvalue weighted by Gasteiger charge is -2.32. The van der Waals surface area contributed by atoms with Gasteiger partial charge in [-0.1, -0.05) is 12.2 Å². The number of ether oxygens (including phenoxy) is 1. The highest BCUT2D eigenvalue weighted by molar-refractivity contribution is 5.79. The highest BCUT2D eigenvalue weighted by atomic mass is 16.5. The molecule has 1 aliphatic carbocycles. The highest BCUT2D eigenvalue weighted by Gasteiger charge is 2.31. The zero-order valence-corrected chi connectivity index (χ0v) is 10.2. The van der Waals surface area contributed by atoms with Crippen LogP contribution in [0.2, 0.25) is 0 Å². The normalized spacial score (nSPS) is 27.7. The Morgan fingerprint density at radius 3 is 2.82 bits per heavy atom. The molecule has 4 heteroatoms. The zero-order chi connectivity index (χ0) is 12.1. The Kier molecular flexibility index (Phi) is 4.18. The number of amides is 1. The van der Waals surface area contributed by atoms with Crippen LogP contribution in [0.3, 0.4) is 0 Å². The van der Waals surface area contributed by atoms with Crippen LogP contribution in [0.1, 0.15) is 32.1 Å². The average Bonchev–Trinajstić information content (AvgIpc) is 2.38. The molecule has 2 rings (SSSR count). The Bertz CT molecular complexity index is 295. The predicted molar refractivity (Wildman–Crippen MR) is 64.5 cm³/mol. The molecule has 2 N–H and O–H groups in total. The second-order valence-electron chi connectivity index (χ2n) is 5.04. The van der Waals surface area contributed by atoms with Gasteiger partial charge >= 0.3 is 0 Å². The quantitative estimate of drug-likeness (QED) is 0.722. The van der Waals surface area contributed by atoms with Crippen molar-refractivity contribution in [3.8, 4) is 0 Å². The number of aliphatic hydroxyl groups is 1. The molecule has 0 aromatic rings. The fraction of sp³-hybridized carbons (Fsp3) is 0.769. The Balaban J connectivity index is 1.76. The molecule has 2 aliphatic rings. The standard InChI is InChI=1S/C13H21NO3/c15-12(11-4-2-1-3-5-11)14-10-13(16)6-8-17-9-7-13/h1-2,11,16H,3-10H2,(H,14,15). The summed E-state index contributed by atoms with van der Waals surface area (Å²) in [6.07, 6.45) is 8.13. The maximum Gasteiger partial charge on any atom is 0.223 e. The van der Waals surface area contributed by atoms with Gasteiger partial charge in [0.25, 0.3) is 0 Å². The number of hydrogen-bond donors (Lipinski definition) is 2. The molecule has 96 valence electrons. The first-order chi connectivity index (χ1) is 8.20. The first-order valence-electron chi connectivity index (χ1n) is 6.42. The molecule has 1 heterocycles. The summed E-state index contributed by atoms with van der Waals surface area (Å²) in [6, 6.07) is 0. The van der Waals surface area contributed by atoms with Crippen LogP contribution in [0, 0.1) is 5.92 Å². The van der Waals surface area contributed by atoms with E-state index in [1.165, 1.54) is 0 Å². The smallest absolute Gasteiger partial charge is 0.223 e. The summed E-state index contributed by atoms with van der Waals surface area (Å²) in [5.41, 5.74) is -0.765. The molecule has 1 fully saturated rings. The van der Waals surface area contributed by atoms with E-state index in [0.717, 1.165) is 19.3 Å². The fourth-order valence-electron chi connectivity index (χ4n) is 2.36. The molecular weight excluding hydrogens is 218 g/mol. The van der Waals surface area contributed by atoms with Gasteiger partial charge in [-0.05, 0) is 19.3 Å². The van der Waals surface area contributed by atoms with Crippen molar-refractivity contribution in [2.24, 2.45) is 5.92 Å². The molecule has 0 aromatic carbocycles. The summed E-state index contributed by atoms with van der Waals surface area (Å²) in [4.78, 5) is 11.9. The van der Waals surface area contributed by atoms with E-state index in [-0.39, 0.29) is 11.8 Å². The minimum atomic E-state index is -0.765. The van der Waals surface area contributed by atoms with E-state index < -0.39 is 5.60 Å². The van der Waals surface area contributed by atoms with Gasteiger partial charge in [0.15, 0.2) is 0 Å². The molecule has 1 unspecified atom stereocenters. The van der Waals surface area contributed by atoms with E-state index in [1.807, 2.05) is 0 Å². The third-order valence-corrected chi connectivity index (χ3v) is 3.66. The molecule has 1 amide bonds. The van der Waals surface area contributed by atoms with E-state index in [0.29, 0.717) is 32.6 Å². The summed E-state index contributed by atoms with van der Waals surface area (Å²) in [5, 5.41) is 13.1. The van der Waals surface area contributed by atoms with Crippen LogP contribution in [0.4, 0.5) is 0 Å². The maximum atomic E-state index is 11.9. The fourth-order valence-corrected chi connectivity index (χ4v) is 2.36. The maximum absolute atomic E-state index is 11.9. The molecule has 0 radical (unpaired) electrons. The number of carbonyl (C=O) groups is 1. The SMILES string of the molecule is O=C(NCC1(O)CCOCC1)C1CC=CCC1. The lowest BCUT2D eigenvalue weighted by Crippen LogP contribution is -2.47. The zero-order valence-electron chi connectivity index (χ0n) is 10.2. The molecule has 1 aliphatic heterocycles. The number of rotatable bonds is 3. The van der Waals surface area contributed by atoms with Crippen molar-refractivity contribution in [3.63, 3.8) is 0 Å². The topological polar surface area (TPSA) is 58.6 Å². The van der Waals surface area contributed by atoms with Crippen LogP contribution in [0.15, 0.2) is 12.2 Å². The molecule has 0 spiro atoms. The molecule has 1 atom stereocenters. The first-order valence-corrected chi connectivity index (χ1v) is 6.42. The van der Waals surface area contributed by atoms with Gasteiger partial charge in [-0.25, -0.2) is 0 Å². The number of hydrogen-bond acceptors (Lipinski definition) is 3. The van der Waals surface area contributed by atoms with Gasteiger partial charge in [0.1, 0.15) is 0 Å². The largest absolute Gasteiger partial charge is 0.388 e. The lowest BCUT2D eigenvalue weighted by atomic mass is 9.91. The third kappa shape index (κ3) is 3.54. The van der Waals surface area contributed by atoms with Crippen LogP contribution >= 0.6 is 0 Å². The molecule has 1 saturated heterocycles. The summed E-state index contributed by atoms with van der Waals surface area (Å²) >= 11 is 0. The molecule has 0 saturated carbocycles. The van der Waals surface area contributed by atoms with E-state index >= 15 is 0 Å². The summed E-state index contributed by atoms with van der Waals surface area (Å²) in [6.45, 7) is 1.52. The predicted octanol–water partition coefficient (Wildman–Crippen LogP) is 1.00. The van der Waals surface area contributed by atoms with Gasteiger partial charge in [-0.3, -0.25) is 4.79 Å². The van der Waals surface area contributed by atoms with Gasteiger partial charge in [-0.15, -0.1) is 0 Å². The van der Waals surface area contributed by atoms with Gasteiger partial charge in [0.2, 0.25) is 5.91 Å². The minimum absolute atomic E-state index is 0.0780. The van der Waals surface area contributed by atoms with Crippen molar-refractivity contribution in [1.29, 1.82) is 0 Å². The number of carbonyl (C=O) groups excluding carboxylic acids is 1. The van der Waals surface area contributed by atoms with E-state index in [1.54, 1.807) is 0 Å². The molecule has 4 nitrogen and oxygen atoms in total. The number of nitrogens with one attached hydrogen (secondary N) is 1. The second kappa shape index (κ2) is 5.65. The van der Waals surface area contributed by atoms with Crippen LogP contribution in [-0.4, -0.2) is 36.4 Å². The van der Waals surface area contributed by atoms with Crippen molar-refractivity contribution in [2.75, 3.05) is 19.8 Å². The van der Waals surface area contributed by atoms with Crippen LogP contribution < -0.4 is 5.32 Å². The van der Waals surface area contributed by atoms with Crippen molar-refractivity contribution in [2.45, 2.75) is 37.7 Å². The minimum Gasteiger partial charge on any atom is -0.388 e. The Morgan fingerprint density at radius 1 is 1.41 bits per heavy atom. The Morgan fingerprint density at radius 2 is 2.18 bits per heavy atom. The van der Waals surface area contributed by atoms with Gasteiger partial charge < -0.3 is 15.2 Å². The summed E-state index contributed by atoms with van der Waals surface area (Å²) in [7, 11) is 0. The number of allylic oxidation sites excluding steroid dienone is 2. The monoisotopic (exact) mass is 239 g/mol. The Hall–Kier alpha value is -0.870. The second-order valence-corrected chi connectivity index (χ2v) is 5.04. The van der Waals surface area contributed by atoms with Crippen molar-refractivity contribution >= 4 is 5.91 Å². The molecule has 0 aromatic heterocycles.